The molecule has 0 aliphatic rings. The molecular weight excluding hydrogens is 357 g/mol. The van der Waals surface area contributed by atoms with Crippen LogP contribution in [0.15, 0.2) is 65.5 Å². The molecule has 140 valence electrons. The van der Waals surface area contributed by atoms with Gasteiger partial charge in [0.25, 0.3) is 11.5 Å². The minimum absolute atomic E-state index is 0.00667. The summed E-state index contributed by atoms with van der Waals surface area (Å²) < 4.78 is 14.6. The van der Waals surface area contributed by atoms with E-state index in [0.29, 0.717) is 23.4 Å². The van der Waals surface area contributed by atoms with E-state index in [0.717, 1.165) is 5.56 Å². The van der Waals surface area contributed by atoms with Crippen molar-refractivity contribution in [3.05, 3.63) is 99.2 Å². The minimum atomic E-state index is -0.494. The first-order valence-corrected chi connectivity index (χ1v) is 8.75. The van der Waals surface area contributed by atoms with Crippen molar-refractivity contribution in [3.63, 3.8) is 0 Å². The van der Waals surface area contributed by atoms with Crippen molar-refractivity contribution in [2.45, 2.75) is 13.3 Å². The smallest absolute Gasteiger partial charge is 0.268 e. The Bertz CT molecular complexity index is 1130. The van der Waals surface area contributed by atoms with Gasteiger partial charge in [-0.1, -0.05) is 18.2 Å². The topological polar surface area (TPSA) is 74.9 Å². The first-order chi connectivity index (χ1) is 13.5. The Hall–Kier alpha value is -3.72. The van der Waals surface area contributed by atoms with Gasteiger partial charge in [0.05, 0.1) is 17.3 Å². The van der Waals surface area contributed by atoms with Crippen LogP contribution in [0.2, 0.25) is 0 Å². The highest BCUT2D eigenvalue weighted by Gasteiger charge is 2.15. The maximum Gasteiger partial charge on any atom is 0.268 e. The largest absolute Gasteiger partial charge is 0.352 e. The normalized spacial score (nSPS) is 10.3. The van der Waals surface area contributed by atoms with Gasteiger partial charge in [-0.05, 0) is 61.4 Å². The van der Waals surface area contributed by atoms with E-state index >= 15 is 0 Å². The standard InChI is InChI=1S/C22H18FN3O2/c1-15-8-9-20(21(27)25-11-10-16-4-2-6-18(23)12-16)22(28)26(15)19-7-3-5-17(13-19)14-24/h2-9,12-13H,10-11H2,1H3,(H,25,27). The molecule has 3 aromatic rings. The molecule has 1 N–H and O–H groups in total. The first-order valence-electron chi connectivity index (χ1n) is 8.75. The Morgan fingerprint density at radius 2 is 1.93 bits per heavy atom. The molecule has 1 amide bonds. The molecule has 5 nitrogen and oxygen atoms in total. The molecule has 1 heterocycles. The third kappa shape index (κ3) is 4.15. The molecular formula is C22H18FN3O2. The summed E-state index contributed by atoms with van der Waals surface area (Å²) >= 11 is 0. The summed E-state index contributed by atoms with van der Waals surface area (Å²) in [5.41, 5.74) is 1.90. The number of nitrogens with one attached hydrogen (secondary N) is 1. The molecule has 0 unspecified atom stereocenters. The van der Waals surface area contributed by atoms with Gasteiger partial charge in [-0.15, -0.1) is 0 Å². The Balaban J connectivity index is 1.81. The second kappa shape index (κ2) is 8.31. The lowest BCUT2D eigenvalue weighted by Crippen LogP contribution is -2.34. The fourth-order valence-corrected chi connectivity index (χ4v) is 2.95. The number of amides is 1. The third-order valence-corrected chi connectivity index (χ3v) is 4.34. The van der Waals surface area contributed by atoms with E-state index in [-0.39, 0.29) is 17.9 Å². The lowest BCUT2D eigenvalue weighted by atomic mass is 10.1. The van der Waals surface area contributed by atoms with Gasteiger partial charge in [0, 0.05) is 12.2 Å². The Labute approximate surface area is 161 Å². The monoisotopic (exact) mass is 375 g/mol. The van der Waals surface area contributed by atoms with Crippen LogP contribution in [0.4, 0.5) is 4.39 Å². The SMILES string of the molecule is Cc1ccc(C(=O)NCCc2cccc(F)c2)c(=O)n1-c1cccc(C#N)c1. The maximum absolute atomic E-state index is 13.2. The number of hydrogen-bond acceptors (Lipinski definition) is 3. The van der Waals surface area contributed by atoms with Crippen molar-refractivity contribution in [2.75, 3.05) is 6.54 Å². The van der Waals surface area contributed by atoms with Gasteiger partial charge >= 0.3 is 0 Å². The predicted molar refractivity (Wildman–Crippen MR) is 104 cm³/mol. The minimum Gasteiger partial charge on any atom is -0.352 e. The average molecular weight is 375 g/mol. The average Bonchev–Trinajstić information content (AvgIpc) is 2.68. The summed E-state index contributed by atoms with van der Waals surface area (Å²) in [6.45, 7) is 2.03. The molecule has 0 radical (unpaired) electrons. The highest BCUT2D eigenvalue weighted by atomic mass is 19.1. The number of carbonyl (C=O) groups excluding carboxylic acids is 1. The van der Waals surface area contributed by atoms with Gasteiger partial charge in [0.15, 0.2) is 0 Å². The molecule has 1 aromatic heterocycles. The Morgan fingerprint density at radius 1 is 1.14 bits per heavy atom. The zero-order valence-electron chi connectivity index (χ0n) is 15.3. The Morgan fingerprint density at radius 3 is 2.68 bits per heavy atom. The molecule has 0 aliphatic carbocycles. The lowest BCUT2D eigenvalue weighted by molar-refractivity contribution is 0.0952. The van der Waals surface area contributed by atoms with Gasteiger partial charge in [0.2, 0.25) is 0 Å². The third-order valence-electron chi connectivity index (χ3n) is 4.34. The van der Waals surface area contributed by atoms with E-state index in [1.165, 1.54) is 22.8 Å². The summed E-state index contributed by atoms with van der Waals surface area (Å²) in [5, 5.41) is 11.8. The van der Waals surface area contributed by atoms with Crippen LogP contribution in [0.5, 0.6) is 0 Å². The Kier molecular flexibility index (Phi) is 5.66. The van der Waals surface area contributed by atoms with E-state index < -0.39 is 11.5 Å². The number of aromatic nitrogens is 1. The number of carbonyl (C=O) groups is 1. The zero-order valence-corrected chi connectivity index (χ0v) is 15.3. The number of nitrogens with zero attached hydrogens (tertiary/aromatic N) is 2. The second-order valence-electron chi connectivity index (χ2n) is 6.33. The number of rotatable bonds is 5. The molecule has 2 aromatic carbocycles. The van der Waals surface area contributed by atoms with Crippen LogP contribution in [0.1, 0.15) is 27.2 Å². The summed E-state index contributed by atoms with van der Waals surface area (Å²) in [7, 11) is 0. The first kappa shape index (κ1) is 19.1. The summed E-state index contributed by atoms with van der Waals surface area (Å²) in [6.07, 6.45) is 0.452. The van der Waals surface area contributed by atoms with Crippen molar-refractivity contribution < 1.29 is 9.18 Å². The van der Waals surface area contributed by atoms with Gasteiger partial charge in [-0.3, -0.25) is 14.2 Å². The van der Waals surface area contributed by atoms with Crippen molar-refractivity contribution in [1.29, 1.82) is 5.26 Å². The van der Waals surface area contributed by atoms with E-state index in [1.807, 2.05) is 6.07 Å². The fraction of sp³-hybridized carbons (Fsp3) is 0.136. The molecule has 0 bridgehead atoms. The number of benzene rings is 2. The molecule has 3 rings (SSSR count). The predicted octanol–water partition coefficient (Wildman–Crippen LogP) is 3.13. The lowest BCUT2D eigenvalue weighted by Gasteiger charge is -2.12. The number of hydrogen-bond donors (Lipinski definition) is 1. The highest BCUT2D eigenvalue weighted by molar-refractivity contribution is 5.93. The van der Waals surface area contributed by atoms with Crippen LogP contribution < -0.4 is 10.9 Å². The van der Waals surface area contributed by atoms with Crippen LogP contribution in [-0.4, -0.2) is 17.0 Å². The van der Waals surface area contributed by atoms with Gasteiger partial charge in [0.1, 0.15) is 11.4 Å². The summed E-state index contributed by atoms with van der Waals surface area (Å²) in [6, 6.07) is 18.0. The van der Waals surface area contributed by atoms with E-state index in [4.69, 9.17) is 5.26 Å². The van der Waals surface area contributed by atoms with Crippen molar-refractivity contribution in [3.8, 4) is 11.8 Å². The maximum atomic E-state index is 13.2. The van der Waals surface area contributed by atoms with Gasteiger partial charge < -0.3 is 5.32 Å². The van der Waals surface area contributed by atoms with Crippen molar-refractivity contribution in [1.82, 2.24) is 9.88 Å². The fourth-order valence-electron chi connectivity index (χ4n) is 2.95. The quantitative estimate of drug-likeness (QED) is 0.744. The number of nitriles is 1. The summed E-state index contributed by atoms with van der Waals surface area (Å²) in [4.78, 5) is 25.4. The summed E-state index contributed by atoms with van der Waals surface area (Å²) in [5.74, 6) is -0.823. The molecule has 0 atom stereocenters. The zero-order chi connectivity index (χ0) is 20.1. The number of pyridine rings is 1. The van der Waals surface area contributed by atoms with Crippen LogP contribution in [0.25, 0.3) is 5.69 Å². The molecule has 0 spiro atoms. The molecule has 28 heavy (non-hydrogen) atoms. The van der Waals surface area contributed by atoms with Crippen LogP contribution in [0.3, 0.4) is 0 Å². The number of aryl methyl sites for hydroxylation is 1. The molecule has 0 saturated carbocycles. The van der Waals surface area contributed by atoms with Gasteiger partial charge in [-0.25, -0.2) is 4.39 Å². The van der Waals surface area contributed by atoms with Crippen molar-refractivity contribution >= 4 is 5.91 Å². The molecule has 6 heteroatoms. The van der Waals surface area contributed by atoms with Crippen LogP contribution in [0, 0.1) is 24.1 Å². The molecule has 0 aliphatic heterocycles. The van der Waals surface area contributed by atoms with Crippen LogP contribution >= 0.6 is 0 Å². The van der Waals surface area contributed by atoms with Gasteiger partial charge in [-0.2, -0.15) is 5.26 Å². The number of halogens is 1. The van der Waals surface area contributed by atoms with E-state index in [9.17, 15) is 14.0 Å². The molecule has 0 saturated heterocycles. The second-order valence-corrected chi connectivity index (χ2v) is 6.33. The van der Waals surface area contributed by atoms with Crippen molar-refractivity contribution in [2.24, 2.45) is 0 Å². The molecule has 0 fully saturated rings. The van der Waals surface area contributed by atoms with E-state index in [1.54, 1.807) is 49.4 Å². The van der Waals surface area contributed by atoms with E-state index in [2.05, 4.69) is 5.32 Å². The highest BCUT2D eigenvalue weighted by Crippen LogP contribution is 2.11. The van der Waals surface area contributed by atoms with Crippen LogP contribution in [-0.2, 0) is 6.42 Å².